The van der Waals surface area contributed by atoms with Gasteiger partial charge in [-0.15, -0.1) is 0 Å². The maximum absolute atomic E-state index is 12.8. The number of sulfonamides is 1. The molecule has 0 bridgehead atoms. The molecule has 0 N–H and O–H groups in total. The molecule has 3 aromatic rings. The van der Waals surface area contributed by atoms with E-state index in [9.17, 15) is 13.2 Å². The highest BCUT2D eigenvalue weighted by molar-refractivity contribution is 7.92. The molecule has 144 valence electrons. The normalized spacial score (nSPS) is 11.1. The zero-order valence-corrected chi connectivity index (χ0v) is 16.7. The van der Waals surface area contributed by atoms with Crippen molar-refractivity contribution in [3.05, 3.63) is 89.5 Å². The van der Waals surface area contributed by atoms with Gasteiger partial charge in [-0.25, -0.2) is 13.2 Å². The van der Waals surface area contributed by atoms with Gasteiger partial charge in [-0.2, -0.15) is 0 Å². The first-order valence-electron chi connectivity index (χ1n) is 8.72. The van der Waals surface area contributed by atoms with Gasteiger partial charge in [0.25, 0.3) is 10.0 Å². The molecule has 0 amide bonds. The summed E-state index contributed by atoms with van der Waals surface area (Å²) in [6.45, 7) is 3.84. The fourth-order valence-corrected chi connectivity index (χ4v) is 3.78. The van der Waals surface area contributed by atoms with Crippen LogP contribution in [0.2, 0.25) is 0 Å². The Labute approximate surface area is 165 Å². The molecule has 0 aliphatic carbocycles. The lowest BCUT2D eigenvalue weighted by molar-refractivity contribution is 0.0734. The van der Waals surface area contributed by atoms with E-state index < -0.39 is 16.0 Å². The molecule has 3 rings (SSSR count). The second kappa shape index (κ2) is 7.86. The van der Waals surface area contributed by atoms with Crippen molar-refractivity contribution in [1.29, 1.82) is 0 Å². The summed E-state index contributed by atoms with van der Waals surface area (Å²) in [6, 6.07) is 20.1. The van der Waals surface area contributed by atoms with E-state index >= 15 is 0 Å². The maximum Gasteiger partial charge on any atom is 0.343 e. The average molecular weight is 395 g/mol. The zero-order chi connectivity index (χ0) is 20.3. The van der Waals surface area contributed by atoms with E-state index in [4.69, 9.17) is 4.74 Å². The topological polar surface area (TPSA) is 63.7 Å². The molecule has 0 aromatic heterocycles. The van der Waals surface area contributed by atoms with Gasteiger partial charge < -0.3 is 4.74 Å². The number of esters is 1. The predicted octanol–water partition coefficient (Wildman–Crippen LogP) is 4.35. The molecule has 0 aliphatic rings. The largest absolute Gasteiger partial charge is 0.423 e. The predicted molar refractivity (Wildman–Crippen MR) is 109 cm³/mol. The van der Waals surface area contributed by atoms with Crippen LogP contribution >= 0.6 is 0 Å². The minimum Gasteiger partial charge on any atom is -0.423 e. The van der Waals surface area contributed by atoms with E-state index in [0.29, 0.717) is 17.0 Å². The number of benzene rings is 3. The van der Waals surface area contributed by atoms with Gasteiger partial charge in [0.05, 0.1) is 16.1 Å². The van der Waals surface area contributed by atoms with Crippen LogP contribution in [0.5, 0.6) is 5.75 Å². The van der Waals surface area contributed by atoms with E-state index in [1.54, 1.807) is 60.7 Å². The molecule has 0 aliphatic heterocycles. The highest BCUT2D eigenvalue weighted by Crippen LogP contribution is 2.25. The quantitative estimate of drug-likeness (QED) is 0.476. The highest BCUT2D eigenvalue weighted by Gasteiger charge is 2.21. The smallest absolute Gasteiger partial charge is 0.343 e. The summed E-state index contributed by atoms with van der Waals surface area (Å²) in [6.07, 6.45) is 0. The van der Waals surface area contributed by atoms with E-state index in [1.165, 1.54) is 11.4 Å². The van der Waals surface area contributed by atoms with Crippen LogP contribution in [-0.2, 0) is 10.0 Å². The molecule has 28 heavy (non-hydrogen) atoms. The Morgan fingerprint density at radius 1 is 0.786 bits per heavy atom. The lowest BCUT2D eigenvalue weighted by Gasteiger charge is -2.20. The molecular weight excluding hydrogens is 374 g/mol. The third-order valence-electron chi connectivity index (χ3n) is 4.38. The second-order valence-electron chi connectivity index (χ2n) is 6.54. The summed E-state index contributed by atoms with van der Waals surface area (Å²) >= 11 is 0. The Morgan fingerprint density at radius 3 is 1.82 bits per heavy atom. The SMILES string of the molecule is Cc1ccc(C(=O)Oc2ccc(N(C)S(=O)(=O)c3ccc(C)cc3)cc2)cc1. The number of nitrogens with zero attached hydrogens (tertiary/aromatic N) is 1. The number of ether oxygens (including phenoxy) is 1. The Hall–Kier alpha value is -3.12. The van der Waals surface area contributed by atoms with Gasteiger partial charge in [-0.3, -0.25) is 4.31 Å². The van der Waals surface area contributed by atoms with Gasteiger partial charge in [0.15, 0.2) is 0 Å². The fraction of sp³-hybridized carbons (Fsp3) is 0.136. The van der Waals surface area contributed by atoms with Gasteiger partial charge in [-0.05, 0) is 62.4 Å². The summed E-state index contributed by atoms with van der Waals surface area (Å²) in [5.74, 6) is -0.121. The van der Waals surface area contributed by atoms with Crippen molar-refractivity contribution in [3.63, 3.8) is 0 Å². The summed E-state index contributed by atoms with van der Waals surface area (Å²) in [7, 11) is -2.18. The van der Waals surface area contributed by atoms with Crippen molar-refractivity contribution in [1.82, 2.24) is 0 Å². The molecule has 3 aromatic carbocycles. The third-order valence-corrected chi connectivity index (χ3v) is 6.18. The minimum absolute atomic E-state index is 0.218. The number of aryl methyl sites for hydroxylation is 2. The number of carbonyl (C=O) groups excluding carboxylic acids is 1. The van der Waals surface area contributed by atoms with Crippen LogP contribution in [0.1, 0.15) is 21.5 Å². The maximum atomic E-state index is 12.8. The lowest BCUT2D eigenvalue weighted by atomic mass is 10.1. The molecule has 0 fully saturated rings. The summed E-state index contributed by atoms with van der Waals surface area (Å²) in [5, 5.41) is 0. The molecule has 0 unspecified atom stereocenters. The van der Waals surface area contributed by atoms with Crippen LogP contribution in [0.25, 0.3) is 0 Å². The first-order valence-corrected chi connectivity index (χ1v) is 10.2. The molecule has 0 atom stereocenters. The molecule has 6 heteroatoms. The van der Waals surface area contributed by atoms with Gasteiger partial charge in [-0.1, -0.05) is 35.4 Å². The van der Waals surface area contributed by atoms with Crippen molar-refractivity contribution >= 4 is 21.7 Å². The van der Waals surface area contributed by atoms with Crippen molar-refractivity contribution in [3.8, 4) is 5.75 Å². The van der Waals surface area contributed by atoms with Gasteiger partial charge >= 0.3 is 5.97 Å². The first kappa shape index (κ1) is 19.6. The van der Waals surface area contributed by atoms with Crippen LogP contribution in [0.3, 0.4) is 0 Å². The molecule has 0 heterocycles. The summed E-state index contributed by atoms with van der Waals surface area (Å²) in [4.78, 5) is 12.4. The fourth-order valence-electron chi connectivity index (χ4n) is 2.59. The first-order chi connectivity index (χ1) is 13.3. The van der Waals surface area contributed by atoms with Gasteiger partial charge in [0.1, 0.15) is 5.75 Å². The number of anilines is 1. The Kier molecular flexibility index (Phi) is 5.51. The van der Waals surface area contributed by atoms with E-state index in [1.807, 2.05) is 26.0 Å². The number of hydrogen-bond donors (Lipinski definition) is 0. The van der Waals surface area contributed by atoms with Crippen LogP contribution in [0.4, 0.5) is 5.69 Å². The van der Waals surface area contributed by atoms with Crippen molar-refractivity contribution in [2.75, 3.05) is 11.4 Å². The van der Waals surface area contributed by atoms with Crippen molar-refractivity contribution in [2.45, 2.75) is 18.7 Å². The Bertz CT molecular complexity index is 1070. The third kappa shape index (κ3) is 4.23. The Morgan fingerprint density at radius 2 is 1.29 bits per heavy atom. The van der Waals surface area contributed by atoms with Crippen LogP contribution < -0.4 is 9.04 Å². The van der Waals surface area contributed by atoms with Crippen molar-refractivity contribution < 1.29 is 17.9 Å². The van der Waals surface area contributed by atoms with E-state index in [-0.39, 0.29) is 4.90 Å². The van der Waals surface area contributed by atoms with Crippen LogP contribution in [0.15, 0.2) is 77.7 Å². The molecule has 0 saturated heterocycles. The van der Waals surface area contributed by atoms with Gasteiger partial charge in [0.2, 0.25) is 0 Å². The van der Waals surface area contributed by atoms with E-state index in [0.717, 1.165) is 11.1 Å². The molecule has 0 radical (unpaired) electrons. The summed E-state index contributed by atoms with van der Waals surface area (Å²) in [5.41, 5.74) is 2.96. The number of carbonyl (C=O) groups is 1. The molecule has 5 nitrogen and oxygen atoms in total. The second-order valence-corrected chi connectivity index (χ2v) is 8.50. The summed E-state index contributed by atoms with van der Waals surface area (Å²) < 4.78 is 32.1. The number of hydrogen-bond acceptors (Lipinski definition) is 4. The monoisotopic (exact) mass is 395 g/mol. The number of rotatable bonds is 5. The van der Waals surface area contributed by atoms with Crippen LogP contribution in [-0.4, -0.2) is 21.4 Å². The molecule has 0 spiro atoms. The lowest BCUT2D eigenvalue weighted by Crippen LogP contribution is -2.26. The minimum atomic E-state index is -3.67. The van der Waals surface area contributed by atoms with E-state index in [2.05, 4.69) is 0 Å². The average Bonchev–Trinajstić information content (AvgIpc) is 2.69. The zero-order valence-electron chi connectivity index (χ0n) is 15.9. The molecular formula is C22H21NO4S. The molecule has 0 saturated carbocycles. The van der Waals surface area contributed by atoms with Gasteiger partial charge in [0, 0.05) is 7.05 Å². The van der Waals surface area contributed by atoms with Crippen molar-refractivity contribution in [2.24, 2.45) is 0 Å². The standard InChI is InChI=1S/C22H21NO4S/c1-16-4-8-18(9-5-16)22(24)27-20-12-10-19(11-13-20)23(3)28(25,26)21-14-6-17(2)7-15-21/h4-15H,1-3H3. The Balaban J connectivity index is 1.75. The highest BCUT2D eigenvalue weighted by atomic mass is 32.2. The van der Waals surface area contributed by atoms with Crippen LogP contribution in [0, 0.1) is 13.8 Å².